The van der Waals surface area contributed by atoms with E-state index in [9.17, 15) is 4.79 Å². The number of carbonyl (C=O) groups excluding carboxylic acids is 1. The molecule has 3 aliphatic rings. The molecule has 0 radical (unpaired) electrons. The predicted molar refractivity (Wildman–Crippen MR) is 74.4 cm³/mol. The Morgan fingerprint density at radius 1 is 1.61 bits per heavy atom. The van der Waals surface area contributed by atoms with Crippen LogP contribution in [0.5, 0.6) is 0 Å². The Kier molecular flexibility index (Phi) is 2.76. The lowest BCUT2D eigenvalue weighted by Crippen LogP contribution is -2.48. The number of rotatable bonds is 2. The topological polar surface area (TPSA) is 26.3 Å². The van der Waals surface area contributed by atoms with Gasteiger partial charge in [0, 0.05) is 17.2 Å². The van der Waals surface area contributed by atoms with Crippen molar-refractivity contribution in [3.63, 3.8) is 0 Å². The SMILES string of the molecule is C=C(C)C1CC(=O)[C@]2(C)[C@H]3C=C(SC)[C@H](O3)[C@@H]2C1. The van der Waals surface area contributed by atoms with Gasteiger partial charge in [0.1, 0.15) is 5.78 Å². The fraction of sp³-hybridized carbons (Fsp3) is 0.667. The van der Waals surface area contributed by atoms with E-state index in [0.29, 0.717) is 24.0 Å². The van der Waals surface area contributed by atoms with Crippen LogP contribution in [0.2, 0.25) is 0 Å². The molecule has 2 nitrogen and oxygen atoms in total. The largest absolute Gasteiger partial charge is 0.364 e. The lowest BCUT2D eigenvalue weighted by Gasteiger charge is -2.43. The van der Waals surface area contributed by atoms with Gasteiger partial charge in [0.25, 0.3) is 0 Å². The van der Waals surface area contributed by atoms with Crippen molar-refractivity contribution in [2.75, 3.05) is 6.26 Å². The Hall–Kier alpha value is -0.540. The average Bonchev–Trinajstić information content (AvgIpc) is 2.86. The van der Waals surface area contributed by atoms with Gasteiger partial charge in [0.05, 0.1) is 17.6 Å². The minimum Gasteiger partial charge on any atom is -0.364 e. The Morgan fingerprint density at radius 3 is 2.94 bits per heavy atom. The summed E-state index contributed by atoms with van der Waals surface area (Å²) < 4.78 is 6.06. The molecule has 2 aliphatic heterocycles. The molecule has 0 amide bonds. The van der Waals surface area contributed by atoms with Gasteiger partial charge in [-0.2, -0.15) is 0 Å². The van der Waals surface area contributed by atoms with Gasteiger partial charge in [-0.25, -0.2) is 0 Å². The van der Waals surface area contributed by atoms with Crippen molar-refractivity contribution in [3.8, 4) is 0 Å². The monoisotopic (exact) mass is 264 g/mol. The second-order valence-electron chi connectivity index (χ2n) is 6.05. The van der Waals surface area contributed by atoms with Crippen LogP contribution in [-0.2, 0) is 9.53 Å². The first-order valence-electron chi connectivity index (χ1n) is 6.58. The van der Waals surface area contributed by atoms with E-state index >= 15 is 0 Å². The number of ether oxygens (including phenoxy) is 1. The number of fused-ring (bicyclic) bond motifs is 5. The first-order chi connectivity index (χ1) is 8.48. The van der Waals surface area contributed by atoms with Crippen LogP contribution in [-0.4, -0.2) is 24.2 Å². The molecule has 3 heteroatoms. The number of Topliss-reactive ketones (excluding diaryl/α,β-unsaturated/α-hetero) is 1. The average molecular weight is 264 g/mol. The molecule has 2 fully saturated rings. The normalized spacial score (nSPS) is 45.9. The number of allylic oxidation sites excluding steroid dienone is 1. The molecule has 2 bridgehead atoms. The maximum Gasteiger partial charge on any atom is 0.142 e. The van der Waals surface area contributed by atoms with E-state index in [0.717, 1.165) is 12.0 Å². The van der Waals surface area contributed by atoms with Gasteiger partial charge >= 0.3 is 0 Å². The van der Waals surface area contributed by atoms with Crippen molar-refractivity contribution in [1.29, 1.82) is 0 Å². The minimum atomic E-state index is -0.282. The van der Waals surface area contributed by atoms with E-state index in [4.69, 9.17) is 4.74 Å². The van der Waals surface area contributed by atoms with E-state index < -0.39 is 0 Å². The minimum absolute atomic E-state index is 0.00789. The number of ketones is 1. The van der Waals surface area contributed by atoms with E-state index in [1.54, 1.807) is 11.8 Å². The molecule has 0 aromatic heterocycles. The lowest BCUT2D eigenvalue weighted by atomic mass is 9.58. The maximum atomic E-state index is 12.5. The Bertz CT molecular complexity index is 453. The summed E-state index contributed by atoms with van der Waals surface area (Å²) in [5.41, 5.74) is 0.860. The van der Waals surface area contributed by atoms with Gasteiger partial charge in [-0.3, -0.25) is 4.79 Å². The number of carbonyl (C=O) groups is 1. The Balaban J connectivity index is 1.97. The van der Waals surface area contributed by atoms with Crippen molar-refractivity contribution in [2.45, 2.75) is 38.9 Å². The molecule has 1 saturated carbocycles. The summed E-state index contributed by atoms with van der Waals surface area (Å²) in [6, 6.07) is 0. The van der Waals surface area contributed by atoms with Gasteiger partial charge in [0.15, 0.2) is 0 Å². The fourth-order valence-electron chi connectivity index (χ4n) is 3.77. The van der Waals surface area contributed by atoms with Crippen molar-refractivity contribution >= 4 is 17.5 Å². The molecule has 2 heterocycles. The second-order valence-corrected chi connectivity index (χ2v) is 6.93. The summed E-state index contributed by atoms with van der Waals surface area (Å²) in [7, 11) is 0. The van der Waals surface area contributed by atoms with Crippen LogP contribution in [0.3, 0.4) is 0 Å². The zero-order chi connectivity index (χ0) is 13.1. The van der Waals surface area contributed by atoms with Gasteiger partial charge in [-0.05, 0) is 38.5 Å². The van der Waals surface area contributed by atoms with E-state index in [2.05, 4.69) is 25.8 Å². The molecule has 1 saturated heterocycles. The van der Waals surface area contributed by atoms with Gasteiger partial charge in [-0.1, -0.05) is 12.2 Å². The zero-order valence-electron chi connectivity index (χ0n) is 11.2. The van der Waals surface area contributed by atoms with Crippen LogP contribution in [0.4, 0.5) is 0 Å². The van der Waals surface area contributed by atoms with Crippen molar-refractivity contribution in [2.24, 2.45) is 17.3 Å². The van der Waals surface area contributed by atoms with Crippen LogP contribution in [0, 0.1) is 17.3 Å². The van der Waals surface area contributed by atoms with Crippen molar-refractivity contribution in [1.82, 2.24) is 0 Å². The molecular weight excluding hydrogens is 244 g/mol. The summed E-state index contributed by atoms with van der Waals surface area (Å²) in [5, 5.41) is 0. The number of hydrogen-bond donors (Lipinski definition) is 0. The van der Waals surface area contributed by atoms with E-state index in [1.165, 1.54) is 4.91 Å². The molecule has 18 heavy (non-hydrogen) atoms. The lowest BCUT2D eigenvalue weighted by molar-refractivity contribution is -0.135. The first kappa shape index (κ1) is 12.5. The predicted octanol–water partition coefficient (Wildman–Crippen LogP) is 3.19. The highest BCUT2D eigenvalue weighted by atomic mass is 32.2. The van der Waals surface area contributed by atoms with Gasteiger partial charge < -0.3 is 4.74 Å². The summed E-state index contributed by atoms with van der Waals surface area (Å²) in [6.45, 7) is 8.18. The van der Waals surface area contributed by atoms with E-state index in [1.807, 2.05) is 6.92 Å². The van der Waals surface area contributed by atoms with Gasteiger partial charge in [0.2, 0.25) is 0 Å². The Labute approximate surface area is 113 Å². The Morgan fingerprint density at radius 2 is 2.33 bits per heavy atom. The highest BCUT2D eigenvalue weighted by molar-refractivity contribution is 8.02. The third-order valence-electron chi connectivity index (χ3n) is 5.12. The van der Waals surface area contributed by atoms with Crippen LogP contribution in [0.1, 0.15) is 26.7 Å². The molecule has 0 spiro atoms. The highest BCUT2D eigenvalue weighted by Gasteiger charge is 2.62. The summed E-state index contributed by atoms with van der Waals surface area (Å²) >= 11 is 1.76. The van der Waals surface area contributed by atoms with Crippen molar-refractivity contribution in [3.05, 3.63) is 23.1 Å². The summed E-state index contributed by atoms with van der Waals surface area (Å²) in [5.74, 6) is 1.06. The molecule has 98 valence electrons. The summed E-state index contributed by atoms with van der Waals surface area (Å²) in [6.07, 6.45) is 6.13. The molecule has 0 aromatic carbocycles. The van der Waals surface area contributed by atoms with Crippen LogP contribution in [0.25, 0.3) is 0 Å². The first-order valence-corrected chi connectivity index (χ1v) is 7.80. The second kappa shape index (κ2) is 3.97. The van der Waals surface area contributed by atoms with Gasteiger partial charge in [-0.15, -0.1) is 11.8 Å². The molecule has 3 rings (SSSR count). The zero-order valence-corrected chi connectivity index (χ0v) is 12.0. The molecule has 0 N–H and O–H groups in total. The number of thioether (sulfide) groups is 1. The number of hydrogen-bond acceptors (Lipinski definition) is 3. The highest BCUT2D eigenvalue weighted by Crippen LogP contribution is 2.59. The third kappa shape index (κ3) is 1.44. The molecule has 0 aromatic rings. The standard InChI is InChI=1S/C15H20O2S/c1-8(2)9-5-10-14-11(18-4)7-13(17-14)15(10,3)12(16)6-9/h7,9-10,13-14H,1,5-6H2,2-4H3/t9?,10-,13+,14+,15+/m0/s1. The van der Waals surface area contributed by atoms with E-state index in [-0.39, 0.29) is 17.6 Å². The van der Waals surface area contributed by atoms with Crippen molar-refractivity contribution < 1.29 is 9.53 Å². The van der Waals surface area contributed by atoms with Crippen LogP contribution >= 0.6 is 11.8 Å². The summed E-state index contributed by atoms with van der Waals surface area (Å²) in [4.78, 5) is 13.9. The van der Waals surface area contributed by atoms with Crippen LogP contribution < -0.4 is 0 Å². The quantitative estimate of drug-likeness (QED) is 0.716. The smallest absolute Gasteiger partial charge is 0.142 e. The fourth-order valence-corrected chi connectivity index (χ4v) is 4.48. The third-order valence-corrected chi connectivity index (χ3v) is 5.96. The molecular formula is C15H20O2S. The molecule has 1 unspecified atom stereocenters. The maximum absolute atomic E-state index is 12.5. The molecule has 1 aliphatic carbocycles. The molecule has 5 atom stereocenters. The van der Waals surface area contributed by atoms with Crippen LogP contribution in [0.15, 0.2) is 23.1 Å².